The monoisotopic (exact) mass is 454 g/mol. The van der Waals surface area contributed by atoms with Crippen LogP contribution in [0.5, 0.6) is 17.2 Å². The number of carbonyl (C=O) groups excluding carboxylic acids is 1. The van der Waals surface area contributed by atoms with E-state index in [1.165, 1.54) is 43.8 Å². The van der Waals surface area contributed by atoms with Gasteiger partial charge in [-0.3, -0.25) is 4.79 Å². The van der Waals surface area contributed by atoms with Gasteiger partial charge >= 0.3 is 0 Å². The molecule has 3 rings (SSSR count). The molecule has 1 aliphatic rings. The Hall–Kier alpha value is -2.49. The Balaban J connectivity index is 1.91. The molecule has 162 valence electrons. The Morgan fingerprint density at radius 2 is 1.60 bits per heavy atom. The number of nitrogens with zero attached hydrogens (tertiary/aromatic N) is 1. The van der Waals surface area contributed by atoms with Gasteiger partial charge in [0.25, 0.3) is 5.91 Å². The molecule has 1 saturated heterocycles. The van der Waals surface area contributed by atoms with Crippen molar-refractivity contribution in [3.05, 3.63) is 40.9 Å². The first kappa shape index (κ1) is 22.2. The van der Waals surface area contributed by atoms with E-state index in [0.717, 1.165) is 12.8 Å². The number of sulfonamides is 1. The van der Waals surface area contributed by atoms with Gasteiger partial charge in [0.2, 0.25) is 15.8 Å². The molecule has 1 aliphatic heterocycles. The molecule has 0 radical (unpaired) electrons. The van der Waals surface area contributed by atoms with Gasteiger partial charge < -0.3 is 19.5 Å². The SMILES string of the molecule is COc1cc(NC(=O)c2ccc(Cl)c(S(=O)(=O)N3CCCC3)c2)cc(OC)c1OC. The van der Waals surface area contributed by atoms with Crippen molar-refractivity contribution in [3.63, 3.8) is 0 Å². The van der Waals surface area contributed by atoms with E-state index in [0.29, 0.717) is 36.0 Å². The van der Waals surface area contributed by atoms with Crippen LogP contribution in [0.3, 0.4) is 0 Å². The third-order valence-electron chi connectivity index (χ3n) is 4.80. The minimum Gasteiger partial charge on any atom is -0.493 e. The fourth-order valence-electron chi connectivity index (χ4n) is 3.27. The molecule has 1 amide bonds. The molecule has 30 heavy (non-hydrogen) atoms. The Labute approximate surface area is 180 Å². The minimum absolute atomic E-state index is 0.0752. The second kappa shape index (κ2) is 9.11. The minimum atomic E-state index is -3.76. The number of hydrogen-bond donors (Lipinski definition) is 1. The zero-order valence-electron chi connectivity index (χ0n) is 16.9. The van der Waals surface area contributed by atoms with E-state index in [2.05, 4.69) is 5.32 Å². The average Bonchev–Trinajstić information content (AvgIpc) is 3.29. The number of nitrogens with one attached hydrogen (secondary N) is 1. The fourth-order valence-corrected chi connectivity index (χ4v) is 5.28. The molecule has 2 aromatic carbocycles. The van der Waals surface area contributed by atoms with Crippen LogP contribution in [-0.2, 0) is 10.0 Å². The quantitative estimate of drug-likeness (QED) is 0.689. The Bertz CT molecular complexity index is 1030. The molecular formula is C20H23ClN2O6S. The molecule has 1 fully saturated rings. The summed E-state index contributed by atoms with van der Waals surface area (Å²) >= 11 is 6.15. The first-order valence-corrected chi connectivity index (χ1v) is 11.0. The molecule has 1 heterocycles. The highest BCUT2D eigenvalue weighted by atomic mass is 35.5. The predicted molar refractivity (Wildman–Crippen MR) is 113 cm³/mol. The largest absolute Gasteiger partial charge is 0.493 e. The number of ether oxygens (including phenoxy) is 3. The molecule has 8 nitrogen and oxygen atoms in total. The van der Waals surface area contributed by atoms with Crippen LogP contribution in [-0.4, -0.2) is 53.0 Å². The van der Waals surface area contributed by atoms with Crippen molar-refractivity contribution in [3.8, 4) is 17.2 Å². The highest BCUT2D eigenvalue weighted by molar-refractivity contribution is 7.89. The molecule has 0 unspecified atom stereocenters. The molecule has 0 spiro atoms. The van der Waals surface area contributed by atoms with Crippen molar-refractivity contribution < 1.29 is 27.4 Å². The Morgan fingerprint density at radius 1 is 1.00 bits per heavy atom. The van der Waals surface area contributed by atoms with Crippen molar-refractivity contribution in [2.24, 2.45) is 0 Å². The summed E-state index contributed by atoms with van der Waals surface area (Å²) in [5, 5.41) is 2.80. The lowest BCUT2D eigenvalue weighted by atomic mass is 10.2. The summed E-state index contributed by atoms with van der Waals surface area (Å²) in [4.78, 5) is 12.7. The van der Waals surface area contributed by atoms with Crippen LogP contribution in [0, 0.1) is 0 Å². The van der Waals surface area contributed by atoms with Crippen LogP contribution >= 0.6 is 11.6 Å². The fraction of sp³-hybridized carbons (Fsp3) is 0.350. The van der Waals surface area contributed by atoms with Crippen LogP contribution in [0.4, 0.5) is 5.69 Å². The van der Waals surface area contributed by atoms with Gasteiger partial charge in [0.05, 0.1) is 26.4 Å². The van der Waals surface area contributed by atoms with E-state index in [1.54, 1.807) is 12.1 Å². The van der Waals surface area contributed by atoms with Crippen LogP contribution in [0.1, 0.15) is 23.2 Å². The van der Waals surface area contributed by atoms with Crippen LogP contribution in [0.15, 0.2) is 35.2 Å². The molecule has 0 atom stereocenters. The zero-order valence-corrected chi connectivity index (χ0v) is 18.5. The number of benzene rings is 2. The summed E-state index contributed by atoms with van der Waals surface area (Å²) in [6, 6.07) is 7.34. The molecule has 1 N–H and O–H groups in total. The smallest absolute Gasteiger partial charge is 0.255 e. The van der Waals surface area contributed by atoms with E-state index in [-0.39, 0.29) is 15.5 Å². The first-order valence-electron chi connectivity index (χ1n) is 9.23. The molecular weight excluding hydrogens is 432 g/mol. The number of methoxy groups -OCH3 is 3. The number of anilines is 1. The lowest BCUT2D eigenvalue weighted by Crippen LogP contribution is -2.28. The number of amides is 1. The highest BCUT2D eigenvalue weighted by Crippen LogP contribution is 2.40. The summed E-state index contributed by atoms with van der Waals surface area (Å²) in [5.41, 5.74) is 0.555. The number of carbonyl (C=O) groups is 1. The predicted octanol–water partition coefficient (Wildman–Crippen LogP) is 3.40. The van der Waals surface area contributed by atoms with Gasteiger partial charge in [-0.2, -0.15) is 4.31 Å². The van der Waals surface area contributed by atoms with Gasteiger partial charge in [0.1, 0.15) is 4.90 Å². The van der Waals surface area contributed by atoms with E-state index in [4.69, 9.17) is 25.8 Å². The van der Waals surface area contributed by atoms with E-state index in [1.807, 2.05) is 0 Å². The van der Waals surface area contributed by atoms with Crippen molar-refractivity contribution in [2.75, 3.05) is 39.7 Å². The first-order chi connectivity index (χ1) is 14.3. The molecule has 0 aliphatic carbocycles. The number of hydrogen-bond acceptors (Lipinski definition) is 6. The maximum atomic E-state index is 12.9. The maximum Gasteiger partial charge on any atom is 0.255 e. The summed E-state index contributed by atoms with van der Waals surface area (Å²) in [6.07, 6.45) is 1.61. The van der Waals surface area contributed by atoms with Crippen molar-refractivity contribution in [1.82, 2.24) is 4.31 Å². The van der Waals surface area contributed by atoms with Crippen LogP contribution in [0.2, 0.25) is 5.02 Å². The van der Waals surface area contributed by atoms with Crippen LogP contribution in [0.25, 0.3) is 0 Å². The average molecular weight is 455 g/mol. The second-order valence-electron chi connectivity index (χ2n) is 6.62. The molecule has 2 aromatic rings. The van der Waals surface area contributed by atoms with E-state index >= 15 is 0 Å². The second-order valence-corrected chi connectivity index (χ2v) is 8.94. The third kappa shape index (κ3) is 4.33. The Kier molecular flexibility index (Phi) is 6.74. The van der Waals surface area contributed by atoms with Crippen molar-refractivity contribution in [2.45, 2.75) is 17.7 Å². The summed E-state index contributed by atoms with van der Waals surface area (Å²) in [7, 11) is 0.657. The molecule has 0 saturated carbocycles. The van der Waals surface area contributed by atoms with Crippen LogP contribution < -0.4 is 19.5 Å². The standard InChI is InChI=1S/C20H23ClN2O6S/c1-27-16-11-14(12-17(28-2)19(16)29-3)22-20(24)13-6-7-15(21)18(10-13)30(25,26)23-8-4-5-9-23/h6-7,10-12H,4-5,8-9H2,1-3H3,(H,22,24). The lowest BCUT2D eigenvalue weighted by molar-refractivity contribution is 0.102. The zero-order chi connectivity index (χ0) is 21.9. The molecule has 0 bridgehead atoms. The third-order valence-corrected chi connectivity index (χ3v) is 7.18. The number of rotatable bonds is 7. The molecule has 10 heteroatoms. The molecule has 0 aromatic heterocycles. The number of halogens is 1. The normalized spacial score (nSPS) is 14.4. The highest BCUT2D eigenvalue weighted by Gasteiger charge is 2.30. The van der Waals surface area contributed by atoms with Gasteiger partial charge in [-0.05, 0) is 31.0 Å². The summed E-state index contributed by atoms with van der Waals surface area (Å²) in [5.74, 6) is 0.642. The maximum absolute atomic E-state index is 12.9. The van der Waals surface area contributed by atoms with Crippen molar-refractivity contribution >= 4 is 33.2 Å². The summed E-state index contributed by atoms with van der Waals surface area (Å²) in [6.45, 7) is 0.890. The van der Waals surface area contributed by atoms with Gasteiger partial charge in [0.15, 0.2) is 11.5 Å². The topological polar surface area (TPSA) is 94.2 Å². The van der Waals surface area contributed by atoms with Gasteiger partial charge in [0, 0.05) is 36.5 Å². The van der Waals surface area contributed by atoms with Gasteiger partial charge in [-0.1, -0.05) is 11.6 Å². The van der Waals surface area contributed by atoms with E-state index < -0.39 is 15.9 Å². The van der Waals surface area contributed by atoms with Gasteiger partial charge in [-0.25, -0.2) is 8.42 Å². The van der Waals surface area contributed by atoms with Crippen molar-refractivity contribution in [1.29, 1.82) is 0 Å². The van der Waals surface area contributed by atoms with Gasteiger partial charge in [-0.15, -0.1) is 0 Å². The van der Waals surface area contributed by atoms with E-state index in [9.17, 15) is 13.2 Å². The Morgan fingerprint density at radius 3 is 2.13 bits per heavy atom. The summed E-state index contributed by atoms with van der Waals surface area (Å²) < 4.78 is 43.0. The lowest BCUT2D eigenvalue weighted by Gasteiger charge is -2.17.